The average molecular weight is 472 g/mol. The Balaban J connectivity index is 1.14. The summed E-state index contributed by atoms with van der Waals surface area (Å²) in [5, 5.41) is 3.95. The van der Waals surface area contributed by atoms with Gasteiger partial charge in [0.1, 0.15) is 11.6 Å². The summed E-state index contributed by atoms with van der Waals surface area (Å²) in [6, 6.07) is 16.4. The van der Waals surface area contributed by atoms with Crippen LogP contribution in [-0.4, -0.2) is 65.2 Å². The van der Waals surface area contributed by atoms with Gasteiger partial charge in [0.05, 0.1) is 5.75 Å². The maximum Gasteiger partial charge on any atom is 0.230 e. The number of anilines is 1. The largest absolute Gasteiger partial charge is 0.354 e. The summed E-state index contributed by atoms with van der Waals surface area (Å²) < 4.78 is 17.5. The molecule has 0 radical (unpaired) electrons. The summed E-state index contributed by atoms with van der Waals surface area (Å²) in [6.45, 7) is 5.16. The Labute approximate surface area is 196 Å². The summed E-state index contributed by atoms with van der Waals surface area (Å²) >= 11 is 2.97. The maximum atomic E-state index is 13.1. The van der Waals surface area contributed by atoms with Crippen molar-refractivity contribution in [1.82, 2.24) is 19.6 Å². The van der Waals surface area contributed by atoms with E-state index in [9.17, 15) is 9.18 Å². The van der Waals surface area contributed by atoms with Crippen LogP contribution in [0.1, 0.15) is 11.4 Å². The Bertz CT molecular complexity index is 991. The molecule has 2 aromatic carbocycles. The number of hydrogen-bond acceptors (Lipinski definition) is 7. The molecule has 1 aromatic heterocycles. The van der Waals surface area contributed by atoms with Gasteiger partial charge in [0, 0.05) is 62.1 Å². The number of rotatable bonds is 9. The van der Waals surface area contributed by atoms with Crippen molar-refractivity contribution in [1.29, 1.82) is 0 Å². The predicted octanol–water partition coefficient (Wildman–Crippen LogP) is 3.30. The second kappa shape index (κ2) is 11.4. The molecule has 3 aromatic rings. The summed E-state index contributed by atoms with van der Waals surface area (Å²) in [5.41, 5.74) is 1.00. The highest BCUT2D eigenvalue weighted by Gasteiger charge is 2.20. The quantitative estimate of drug-likeness (QED) is 0.483. The molecule has 9 heteroatoms. The number of carbonyl (C=O) groups excluding carboxylic acids is 1. The first-order chi connectivity index (χ1) is 15.7. The third kappa shape index (κ3) is 6.75. The molecule has 0 aliphatic carbocycles. The molecule has 32 heavy (non-hydrogen) atoms. The lowest BCUT2D eigenvalue weighted by Crippen LogP contribution is -2.48. The van der Waals surface area contributed by atoms with Crippen molar-refractivity contribution in [3.8, 4) is 0 Å². The number of thioether (sulfide) groups is 1. The number of benzene rings is 2. The van der Waals surface area contributed by atoms with Crippen LogP contribution in [0.5, 0.6) is 0 Å². The highest BCUT2D eigenvalue weighted by Crippen LogP contribution is 2.20. The molecule has 1 aliphatic heterocycles. The van der Waals surface area contributed by atoms with E-state index in [1.54, 1.807) is 23.9 Å². The average Bonchev–Trinajstić information content (AvgIpc) is 3.29. The van der Waals surface area contributed by atoms with Gasteiger partial charge in [0.25, 0.3) is 0 Å². The first-order valence-electron chi connectivity index (χ1n) is 10.6. The SMILES string of the molecule is O=C(CSc1ccccc1)NCCN1CCN(c2nc(Cc3ccc(F)cc3)ns2)CC1. The van der Waals surface area contributed by atoms with E-state index in [4.69, 9.17) is 0 Å². The third-order valence-electron chi connectivity index (χ3n) is 5.24. The van der Waals surface area contributed by atoms with Crippen LogP contribution in [0.25, 0.3) is 0 Å². The van der Waals surface area contributed by atoms with E-state index in [1.807, 2.05) is 30.3 Å². The van der Waals surface area contributed by atoms with E-state index in [1.165, 1.54) is 23.7 Å². The molecule has 0 spiro atoms. The first-order valence-corrected chi connectivity index (χ1v) is 12.4. The highest BCUT2D eigenvalue weighted by molar-refractivity contribution is 8.00. The van der Waals surface area contributed by atoms with Crippen molar-refractivity contribution in [2.24, 2.45) is 0 Å². The van der Waals surface area contributed by atoms with Crippen LogP contribution >= 0.6 is 23.3 Å². The minimum Gasteiger partial charge on any atom is -0.354 e. The number of piperazine rings is 1. The number of nitrogens with one attached hydrogen (secondary N) is 1. The molecule has 4 rings (SSSR count). The number of amides is 1. The van der Waals surface area contributed by atoms with Gasteiger partial charge in [-0.1, -0.05) is 30.3 Å². The molecule has 1 amide bonds. The first kappa shape index (κ1) is 22.7. The minimum atomic E-state index is -0.232. The minimum absolute atomic E-state index is 0.0695. The van der Waals surface area contributed by atoms with Gasteiger partial charge in [-0.2, -0.15) is 4.37 Å². The van der Waals surface area contributed by atoms with E-state index in [0.717, 1.165) is 54.1 Å². The van der Waals surface area contributed by atoms with Crippen LogP contribution in [0, 0.1) is 5.82 Å². The zero-order chi connectivity index (χ0) is 22.2. The Morgan fingerprint density at radius 2 is 1.81 bits per heavy atom. The Hall–Kier alpha value is -2.49. The van der Waals surface area contributed by atoms with Gasteiger partial charge in [0.15, 0.2) is 0 Å². The fourth-order valence-electron chi connectivity index (χ4n) is 3.46. The molecule has 2 heterocycles. The molecule has 0 saturated carbocycles. The predicted molar refractivity (Wildman–Crippen MR) is 128 cm³/mol. The van der Waals surface area contributed by atoms with Gasteiger partial charge in [-0.15, -0.1) is 11.8 Å². The van der Waals surface area contributed by atoms with Gasteiger partial charge >= 0.3 is 0 Å². The smallest absolute Gasteiger partial charge is 0.230 e. The lowest BCUT2D eigenvalue weighted by molar-refractivity contribution is -0.118. The number of carbonyl (C=O) groups is 1. The summed E-state index contributed by atoms with van der Waals surface area (Å²) in [5.74, 6) is 1.05. The fourth-order valence-corrected chi connectivity index (χ4v) is 4.95. The molecule has 168 valence electrons. The van der Waals surface area contributed by atoms with Crippen LogP contribution in [0.4, 0.5) is 9.52 Å². The van der Waals surface area contributed by atoms with Crippen molar-refractivity contribution < 1.29 is 9.18 Å². The highest BCUT2D eigenvalue weighted by atomic mass is 32.2. The molecule has 0 atom stereocenters. The number of nitrogens with zero attached hydrogens (tertiary/aromatic N) is 4. The van der Waals surface area contributed by atoms with Crippen LogP contribution in [0.3, 0.4) is 0 Å². The number of aromatic nitrogens is 2. The van der Waals surface area contributed by atoms with Gasteiger partial charge < -0.3 is 10.2 Å². The van der Waals surface area contributed by atoms with Crippen molar-refractivity contribution >= 4 is 34.3 Å². The van der Waals surface area contributed by atoms with E-state index >= 15 is 0 Å². The van der Waals surface area contributed by atoms with Crippen LogP contribution in [0.2, 0.25) is 0 Å². The van der Waals surface area contributed by atoms with Crippen LogP contribution in [0.15, 0.2) is 59.5 Å². The van der Waals surface area contributed by atoms with E-state index in [0.29, 0.717) is 18.7 Å². The molecular weight excluding hydrogens is 445 g/mol. The van der Waals surface area contributed by atoms with Gasteiger partial charge in [-0.05, 0) is 29.8 Å². The fraction of sp³-hybridized carbons (Fsp3) is 0.348. The molecule has 1 fully saturated rings. The summed E-state index contributed by atoms with van der Waals surface area (Å²) in [6.07, 6.45) is 0.610. The van der Waals surface area contributed by atoms with E-state index in [2.05, 4.69) is 24.5 Å². The Morgan fingerprint density at radius 1 is 1.06 bits per heavy atom. The van der Waals surface area contributed by atoms with Crippen molar-refractivity contribution in [3.63, 3.8) is 0 Å². The lowest BCUT2D eigenvalue weighted by Gasteiger charge is -2.34. The normalized spacial score (nSPS) is 14.5. The topological polar surface area (TPSA) is 61.4 Å². The second-order valence-electron chi connectivity index (χ2n) is 7.58. The summed E-state index contributed by atoms with van der Waals surface area (Å²) in [7, 11) is 0. The molecule has 1 aliphatic rings. The van der Waals surface area contributed by atoms with Gasteiger partial charge in [-0.25, -0.2) is 9.37 Å². The second-order valence-corrected chi connectivity index (χ2v) is 9.36. The van der Waals surface area contributed by atoms with Gasteiger partial charge in [0.2, 0.25) is 11.0 Å². The Morgan fingerprint density at radius 3 is 2.56 bits per heavy atom. The number of halogens is 1. The molecule has 1 saturated heterocycles. The van der Waals surface area contributed by atoms with Crippen LogP contribution < -0.4 is 10.2 Å². The zero-order valence-electron chi connectivity index (χ0n) is 17.7. The standard InChI is InChI=1S/C23H26FN5OS2/c24-19-8-6-18(7-9-19)16-21-26-23(32-27-21)29-14-12-28(13-15-29)11-10-25-22(30)17-31-20-4-2-1-3-5-20/h1-9H,10-17H2,(H,25,30). The van der Waals surface area contributed by atoms with Crippen molar-refractivity contribution in [3.05, 3.63) is 71.8 Å². The Kier molecular flexibility index (Phi) is 8.08. The van der Waals surface area contributed by atoms with Crippen molar-refractivity contribution in [2.45, 2.75) is 11.3 Å². The summed E-state index contributed by atoms with van der Waals surface area (Å²) in [4.78, 5) is 22.5. The number of hydrogen-bond donors (Lipinski definition) is 1. The van der Waals surface area contributed by atoms with Crippen LogP contribution in [-0.2, 0) is 11.2 Å². The monoisotopic (exact) mass is 471 g/mol. The molecule has 6 nitrogen and oxygen atoms in total. The maximum absolute atomic E-state index is 13.1. The van der Waals surface area contributed by atoms with Crippen molar-refractivity contribution in [2.75, 3.05) is 49.9 Å². The van der Waals surface area contributed by atoms with E-state index in [-0.39, 0.29) is 11.7 Å². The third-order valence-corrected chi connectivity index (χ3v) is 7.07. The lowest BCUT2D eigenvalue weighted by atomic mass is 10.1. The van der Waals surface area contributed by atoms with Gasteiger partial charge in [-0.3, -0.25) is 9.69 Å². The molecule has 0 unspecified atom stereocenters. The zero-order valence-corrected chi connectivity index (χ0v) is 19.4. The molecule has 1 N–H and O–H groups in total. The molecule has 0 bridgehead atoms. The molecular formula is C23H26FN5OS2. The van der Waals surface area contributed by atoms with E-state index < -0.39 is 0 Å².